The first kappa shape index (κ1) is 16.0. The molecule has 0 saturated carbocycles. The molecule has 0 atom stereocenters. The van der Waals surface area contributed by atoms with Crippen LogP contribution in [0.3, 0.4) is 0 Å². The van der Waals surface area contributed by atoms with Crippen LogP contribution in [0.15, 0.2) is 30.3 Å². The Morgan fingerprint density at radius 1 is 1.29 bits per heavy atom. The number of piperidine rings is 1. The molecule has 4 nitrogen and oxygen atoms in total. The number of nitrogens with zero attached hydrogens (tertiary/aromatic N) is 1. The maximum Gasteiger partial charge on any atom is 0.252 e. The summed E-state index contributed by atoms with van der Waals surface area (Å²) in [5.74, 6) is 0.0631. The van der Waals surface area contributed by atoms with Crippen LogP contribution in [0.1, 0.15) is 32.6 Å². The van der Waals surface area contributed by atoms with Gasteiger partial charge in [-0.15, -0.1) is 0 Å². The van der Waals surface area contributed by atoms with Gasteiger partial charge in [-0.2, -0.15) is 0 Å². The highest BCUT2D eigenvalue weighted by molar-refractivity contribution is 5.94. The molecule has 1 fully saturated rings. The van der Waals surface area contributed by atoms with Gasteiger partial charge in [-0.3, -0.25) is 4.79 Å². The molecular weight excluding hydrogens is 264 g/mol. The molecule has 1 heterocycles. The molecule has 2 rings (SSSR count). The second-order valence-corrected chi connectivity index (χ2v) is 5.49. The van der Waals surface area contributed by atoms with Crippen molar-refractivity contribution in [2.75, 3.05) is 31.1 Å². The molecule has 1 amide bonds. The molecule has 0 radical (unpaired) electrons. The number of nitrogens with one attached hydrogen (secondary N) is 1. The van der Waals surface area contributed by atoms with Crippen LogP contribution in [-0.2, 0) is 9.53 Å². The van der Waals surface area contributed by atoms with Crippen LogP contribution in [0.5, 0.6) is 0 Å². The molecule has 1 saturated heterocycles. The van der Waals surface area contributed by atoms with Crippen molar-refractivity contribution in [1.29, 1.82) is 0 Å². The van der Waals surface area contributed by atoms with Crippen LogP contribution in [0.25, 0.3) is 0 Å². The highest BCUT2D eigenvalue weighted by atomic mass is 16.5. The van der Waals surface area contributed by atoms with Gasteiger partial charge in [0.25, 0.3) is 5.91 Å². The summed E-state index contributed by atoms with van der Waals surface area (Å²) in [6.45, 7) is 5.05. The molecule has 1 aliphatic rings. The van der Waals surface area contributed by atoms with E-state index in [4.69, 9.17) is 4.74 Å². The second-order valence-electron chi connectivity index (χ2n) is 5.49. The number of carbonyl (C=O) groups is 1. The minimum absolute atomic E-state index is 0.0631. The highest BCUT2D eigenvalue weighted by Gasteiger charge is 2.19. The summed E-state index contributed by atoms with van der Waals surface area (Å²) in [5.41, 5.74) is 0.963. The maximum absolute atomic E-state index is 12.5. The van der Waals surface area contributed by atoms with E-state index in [1.807, 2.05) is 35.2 Å². The van der Waals surface area contributed by atoms with Gasteiger partial charge in [-0.05, 0) is 44.5 Å². The van der Waals surface area contributed by atoms with E-state index in [-0.39, 0.29) is 18.6 Å². The van der Waals surface area contributed by atoms with Gasteiger partial charge in [-0.1, -0.05) is 31.5 Å². The zero-order valence-electron chi connectivity index (χ0n) is 12.9. The van der Waals surface area contributed by atoms with Crippen molar-refractivity contribution in [1.82, 2.24) is 5.32 Å². The van der Waals surface area contributed by atoms with E-state index in [1.165, 1.54) is 0 Å². The first-order valence-electron chi connectivity index (χ1n) is 7.99. The van der Waals surface area contributed by atoms with E-state index in [2.05, 4.69) is 12.2 Å². The topological polar surface area (TPSA) is 41.6 Å². The molecule has 0 aromatic heterocycles. The quantitative estimate of drug-likeness (QED) is 0.839. The highest BCUT2D eigenvalue weighted by Crippen LogP contribution is 2.15. The average Bonchev–Trinajstić information content (AvgIpc) is 2.55. The lowest BCUT2D eigenvalue weighted by molar-refractivity contribution is -0.125. The van der Waals surface area contributed by atoms with Crippen LogP contribution < -0.4 is 10.2 Å². The van der Waals surface area contributed by atoms with E-state index >= 15 is 0 Å². The minimum atomic E-state index is 0.0631. The molecule has 1 aliphatic heterocycles. The number of hydrogen-bond donors (Lipinski definition) is 1. The molecule has 1 N–H and O–H groups in total. The Hall–Kier alpha value is -1.39. The second kappa shape index (κ2) is 8.80. The predicted molar refractivity (Wildman–Crippen MR) is 85.5 cm³/mol. The summed E-state index contributed by atoms with van der Waals surface area (Å²) in [6.07, 6.45) is 4.29. The number of para-hydroxylation sites is 1. The Morgan fingerprint density at radius 2 is 2.00 bits per heavy atom. The fourth-order valence-corrected chi connectivity index (χ4v) is 2.55. The summed E-state index contributed by atoms with van der Waals surface area (Å²) < 4.78 is 5.80. The zero-order chi connectivity index (χ0) is 14.9. The van der Waals surface area contributed by atoms with Gasteiger partial charge in [0.15, 0.2) is 0 Å². The molecule has 0 spiro atoms. The third-order valence-electron chi connectivity index (χ3n) is 3.83. The van der Waals surface area contributed by atoms with Gasteiger partial charge < -0.3 is 15.0 Å². The van der Waals surface area contributed by atoms with Crippen molar-refractivity contribution in [3.63, 3.8) is 0 Å². The number of amides is 1. The number of hydrogen-bond acceptors (Lipinski definition) is 3. The molecule has 0 aliphatic carbocycles. The SMILES string of the molecule is CCCCN(C(=O)COC1CCNCC1)c1ccccc1. The molecule has 1 aromatic rings. The first-order chi connectivity index (χ1) is 10.3. The Labute approximate surface area is 127 Å². The molecule has 4 heteroatoms. The number of anilines is 1. The molecular formula is C17H26N2O2. The first-order valence-corrected chi connectivity index (χ1v) is 7.99. The van der Waals surface area contributed by atoms with Crippen LogP contribution in [0.4, 0.5) is 5.69 Å². The molecule has 0 unspecified atom stereocenters. The fraction of sp³-hybridized carbons (Fsp3) is 0.588. The Morgan fingerprint density at radius 3 is 2.67 bits per heavy atom. The monoisotopic (exact) mass is 290 g/mol. The summed E-state index contributed by atoms with van der Waals surface area (Å²) in [4.78, 5) is 14.3. The summed E-state index contributed by atoms with van der Waals surface area (Å²) in [7, 11) is 0. The largest absolute Gasteiger partial charge is 0.368 e. The number of carbonyl (C=O) groups excluding carboxylic acids is 1. The Bertz CT molecular complexity index is 416. The van der Waals surface area contributed by atoms with Gasteiger partial charge in [0.2, 0.25) is 0 Å². The number of benzene rings is 1. The number of unbranched alkanes of at least 4 members (excludes halogenated alkanes) is 1. The van der Waals surface area contributed by atoms with Gasteiger partial charge in [0, 0.05) is 12.2 Å². The van der Waals surface area contributed by atoms with Gasteiger partial charge >= 0.3 is 0 Å². The van der Waals surface area contributed by atoms with Crippen molar-refractivity contribution in [2.24, 2.45) is 0 Å². The van der Waals surface area contributed by atoms with Crippen molar-refractivity contribution in [2.45, 2.75) is 38.7 Å². The molecule has 0 bridgehead atoms. The van der Waals surface area contributed by atoms with E-state index in [1.54, 1.807) is 0 Å². The predicted octanol–water partition coefficient (Wildman–Crippen LogP) is 2.59. The Balaban J connectivity index is 1.90. The van der Waals surface area contributed by atoms with E-state index < -0.39 is 0 Å². The van der Waals surface area contributed by atoms with Crippen molar-refractivity contribution in [3.8, 4) is 0 Å². The third kappa shape index (κ3) is 5.14. The van der Waals surface area contributed by atoms with E-state index in [0.717, 1.165) is 51.0 Å². The lowest BCUT2D eigenvalue weighted by atomic mass is 10.1. The van der Waals surface area contributed by atoms with Crippen LogP contribution in [0.2, 0.25) is 0 Å². The molecule has 21 heavy (non-hydrogen) atoms. The molecule has 116 valence electrons. The standard InChI is InChI=1S/C17H26N2O2/c1-2-3-13-19(15-7-5-4-6-8-15)17(20)14-21-16-9-11-18-12-10-16/h4-8,16,18H,2-3,9-14H2,1H3. The van der Waals surface area contributed by atoms with Crippen molar-refractivity contribution >= 4 is 11.6 Å². The van der Waals surface area contributed by atoms with E-state index in [9.17, 15) is 4.79 Å². The lowest BCUT2D eigenvalue weighted by Gasteiger charge is -2.26. The summed E-state index contributed by atoms with van der Waals surface area (Å²) in [6, 6.07) is 9.87. The van der Waals surface area contributed by atoms with E-state index in [0.29, 0.717) is 0 Å². The zero-order valence-corrected chi connectivity index (χ0v) is 12.9. The summed E-state index contributed by atoms with van der Waals surface area (Å²) in [5, 5.41) is 3.30. The van der Waals surface area contributed by atoms with Gasteiger partial charge in [-0.25, -0.2) is 0 Å². The van der Waals surface area contributed by atoms with Crippen LogP contribution in [-0.4, -0.2) is 38.3 Å². The fourth-order valence-electron chi connectivity index (χ4n) is 2.55. The smallest absolute Gasteiger partial charge is 0.252 e. The number of ether oxygens (including phenoxy) is 1. The van der Waals surface area contributed by atoms with Crippen LogP contribution in [0, 0.1) is 0 Å². The average molecular weight is 290 g/mol. The van der Waals surface area contributed by atoms with Crippen molar-refractivity contribution in [3.05, 3.63) is 30.3 Å². The third-order valence-corrected chi connectivity index (χ3v) is 3.83. The Kier molecular flexibility index (Phi) is 6.70. The minimum Gasteiger partial charge on any atom is -0.368 e. The maximum atomic E-state index is 12.5. The number of rotatable bonds is 7. The normalized spacial score (nSPS) is 15.9. The summed E-state index contributed by atoms with van der Waals surface area (Å²) >= 11 is 0. The van der Waals surface area contributed by atoms with Crippen molar-refractivity contribution < 1.29 is 9.53 Å². The lowest BCUT2D eigenvalue weighted by Crippen LogP contribution is -2.38. The van der Waals surface area contributed by atoms with Gasteiger partial charge in [0.05, 0.1) is 6.10 Å². The van der Waals surface area contributed by atoms with Crippen LogP contribution >= 0.6 is 0 Å². The molecule has 1 aromatic carbocycles. The van der Waals surface area contributed by atoms with Gasteiger partial charge in [0.1, 0.15) is 6.61 Å².